The van der Waals surface area contributed by atoms with Gasteiger partial charge in [0.15, 0.2) is 0 Å². The second kappa shape index (κ2) is 10.4. The number of esters is 2. The summed E-state index contributed by atoms with van der Waals surface area (Å²) in [4.78, 5) is 68.0. The van der Waals surface area contributed by atoms with Gasteiger partial charge in [-0.15, -0.1) is 0 Å². The number of carbonyl (C=O) groups is 6. The number of amides is 4. The van der Waals surface area contributed by atoms with Crippen molar-refractivity contribution in [2.45, 2.75) is 24.9 Å². The SMILES string of the molecule is COC(=O)N[C@@H](CC(N)=O)C(=O)OC(=O)[C@H](CC(N)=O)NC(=O)OC. The first kappa shape index (κ1) is 21.6. The monoisotopic (exact) mass is 362 g/mol. The van der Waals surface area contributed by atoms with Crippen LogP contribution in [0.2, 0.25) is 0 Å². The summed E-state index contributed by atoms with van der Waals surface area (Å²) < 4.78 is 12.9. The lowest BCUT2D eigenvalue weighted by Gasteiger charge is -2.18. The van der Waals surface area contributed by atoms with Crippen LogP contribution >= 0.6 is 0 Å². The summed E-state index contributed by atoms with van der Waals surface area (Å²) in [5, 5.41) is 3.88. The number of nitrogens with one attached hydrogen (secondary N) is 2. The number of hydrogen-bond acceptors (Lipinski definition) is 9. The van der Waals surface area contributed by atoms with Crippen molar-refractivity contribution in [2.24, 2.45) is 11.5 Å². The molecule has 0 unspecified atom stereocenters. The van der Waals surface area contributed by atoms with Gasteiger partial charge in [0.05, 0.1) is 27.1 Å². The molecule has 0 radical (unpaired) electrons. The molecule has 0 spiro atoms. The third-order valence-corrected chi connectivity index (χ3v) is 2.54. The van der Waals surface area contributed by atoms with Crippen LogP contribution in [0.15, 0.2) is 0 Å². The second-order valence-corrected chi connectivity index (χ2v) is 4.46. The molecule has 0 aliphatic carbocycles. The van der Waals surface area contributed by atoms with Crippen LogP contribution in [-0.4, -0.2) is 62.2 Å². The molecule has 25 heavy (non-hydrogen) atoms. The molecule has 6 N–H and O–H groups in total. The van der Waals surface area contributed by atoms with Crippen LogP contribution in [0, 0.1) is 0 Å². The fourth-order valence-electron chi connectivity index (χ4n) is 1.43. The number of nitrogens with two attached hydrogens (primary N) is 2. The molecule has 2 atom stereocenters. The van der Waals surface area contributed by atoms with Crippen LogP contribution < -0.4 is 22.1 Å². The fourth-order valence-corrected chi connectivity index (χ4v) is 1.43. The van der Waals surface area contributed by atoms with Crippen LogP contribution in [0.4, 0.5) is 9.59 Å². The van der Waals surface area contributed by atoms with Gasteiger partial charge in [0.1, 0.15) is 12.1 Å². The maximum atomic E-state index is 11.9. The summed E-state index contributed by atoms with van der Waals surface area (Å²) in [7, 11) is 1.99. The van der Waals surface area contributed by atoms with Crippen molar-refractivity contribution in [3.05, 3.63) is 0 Å². The molecular weight excluding hydrogens is 344 g/mol. The van der Waals surface area contributed by atoms with E-state index >= 15 is 0 Å². The lowest BCUT2D eigenvalue weighted by molar-refractivity contribution is -0.163. The van der Waals surface area contributed by atoms with Crippen LogP contribution in [0.25, 0.3) is 0 Å². The largest absolute Gasteiger partial charge is 0.453 e. The van der Waals surface area contributed by atoms with Crippen molar-refractivity contribution in [1.29, 1.82) is 0 Å². The molecule has 0 bridgehead atoms. The Labute approximate surface area is 141 Å². The highest BCUT2D eigenvalue weighted by Gasteiger charge is 2.31. The number of rotatable bonds is 8. The highest BCUT2D eigenvalue weighted by atomic mass is 16.6. The molecule has 140 valence electrons. The molecule has 13 nitrogen and oxygen atoms in total. The van der Waals surface area contributed by atoms with E-state index in [-0.39, 0.29) is 0 Å². The summed E-state index contributed by atoms with van der Waals surface area (Å²) in [5.41, 5.74) is 9.86. The van der Waals surface area contributed by atoms with Crippen molar-refractivity contribution >= 4 is 35.9 Å². The van der Waals surface area contributed by atoms with Crippen LogP contribution in [0.5, 0.6) is 0 Å². The standard InChI is InChI=1S/C12H18N4O9/c1-23-11(21)15-5(3-7(13)17)9(19)25-10(20)6(4-8(14)18)16-12(22)24-2/h5-6H,3-4H2,1-2H3,(H2,13,17)(H2,14,18)(H,15,21)(H,16,22)/t5-,6-/m0/s1. The van der Waals surface area contributed by atoms with Gasteiger partial charge in [-0.25, -0.2) is 19.2 Å². The topological polar surface area (TPSA) is 206 Å². The summed E-state index contributed by atoms with van der Waals surface area (Å²) in [5.74, 6) is -4.69. The van der Waals surface area contributed by atoms with E-state index in [0.29, 0.717) is 0 Å². The Kier molecular flexibility index (Phi) is 9.00. The van der Waals surface area contributed by atoms with E-state index in [1.54, 1.807) is 0 Å². The molecular formula is C12H18N4O9. The molecule has 0 aliphatic rings. The highest BCUT2D eigenvalue weighted by Crippen LogP contribution is 2.02. The Balaban J connectivity index is 5.09. The summed E-state index contributed by atoms with van der Waals surface area (Å²) in [6.07, 6.45) is -3.55. The highest BCUT2D eigenvalue weighted by molar-refractivity contribution is 5.96. The van der Waals surface area contributed by atoms with Crippen molar-refractivity contribution in [1.82, 2.24) is 10.6 Å². The number of alkyl carbamates (subject to hydrolysis) is 2. The van der Waals surface area contributed by atoms with Crippen molar-refractivity contribution in [3.63, 3.8) is 0 Å². The predicted octanol–water partition coefficient (Wildman–Crippen LogP) is -2.74. The van der Waals surface area contributed by atoms with Gasteiger partial charge in [-0.3, -0.25) is 9.59 Å². The lowest BCUT2D eigenvalue weighted by Crippen LogP contribution is -2.49. The van der Waals surface area contributed by atoms with Gasteiger partial charge in [-0.05, 0) is 0 Å². The molecule has 0 aromatic rings. The predicted molar refractivity (Wildman–Crippen MR) is 77.4 cm³/mol. The van der Waals surface area contributed by atoms with E-state index in [2.05, 4.69) is 14.2 Å². The number of ether oxygens (including phenoxy) is 3. The zero-order valence-corrected chi connectivity index (χ0v) is 13.4. The van der Waals surface area contributed by atoms with E-state index in [0.717, 1.165) is 14.2 Å². The Morgan fingerprint density at radius 1 is 0.760 bits per heavy atom. The number of hydrogen-bond donors (Lipinski definition) is 4. The summed E-state index contributed by atoms with van der Waals surface area (Å²) in [6.45, 7) is 0. The first-order valence-corrected chi connectivity index (χ1v) is 6.61. The Hall–Kier alpha value is -3.38. The molecule has 0 aromatic carbocycles. The molecule has 13 heteroatoms. The van der Waals surface area contributed by atoms with E-state index in [9.17, 15) is 28.8 Å². The minimum absolute atomic E-state index is 0.688. The molecule has 0 saturated carbocycles. The molecule has 0 fully saturated rings. The third kappa shape index (κ3) is 8.73. The minimum atomic E-state index is -1.62. The Morgan fingerprint density at radius 2 is 1.08 bits per heavy atom. The van der Waals surface area contributed by atoms with Crippen molar-refractivity contribution in [2.75, 3.05) is 14.2 Å². The maximum Gasteiger partial charge on any atom is 0.407 e. The van der Waals surface area contributed by atoms with Gasteiger partial charge in [-0.2, -0.15) is 0 Å². The van der Waals surface area contributed by atoms with E-state index < -0.39 is 60.9 Å². The Morgan fingerprint density at radius 3 is 1.32 bits per heavy atom. The van der Waals surface area contributed by atoms with Gasteiger partial charge in [0, 0.05) is 0 Å². The second-order valence-electron chi connectivity index (χ2n) is 4.46. The van der Waals surface area contributed by atoms with Gasteiger partial charge in [0.2, 0.25) is 11.8 Å². The van der Waals surface area contributed by atoms with Crippen LogP contribution in [0.1, 0.15) is 12.8 Å². The number of methoxy groups -OCH3 is 2. The summed E-state index contributed by atoms with van der Waals surface area (Å²) >= 11 is 0. The normalized spacial score (nSPS) is 12.1. The van der Waals surface area contributed by atoms with E-state index in [4.69, 9.17) is 11.5 Å². The smallest absolute Gasteiger partial charge is 0.407 e. The van der Waals surface area contributed by atoms with Gasteiger partial charge < -0.3 is 36.3 Å². The molecule has 0 rings (SSSR count). The molecule has 4 amide bonds. The van der Waals surface area contributed by atoms with Crippen LogP contribution in [-0.2, 0) is 33.4 Å². The number of primary amides is 2. The molecule has 0 aliphatic heterocycles. The molecule has 0 saturated heterocycles. The van der Waals surface area contributed by atoms with Crippen molar-refractivity contribution < 1.29 is 43.0 Å². The number of carbonyl (C=O) groups excluding carboxylic acids is 6. The van der Waals surface area contributed by atoms with Gasteiger partial charge >= 0.3 is 24.1 Å². The first-order chi connectivity index (χ1) is 11.6. The van der Waals surface area contributed by atoms with Crippen LogP contribution in [0.3, 0.4) is 0 Å². The maximum absolute atomic E-state index is 11.9. The minimum Gasteiger partial charge on any atom is -0.453 e. The van der Waals surface area contributed by atoms with Gasteiger partial charge in [0.25, 0.3) is 0 Å². The average molecular weight is 362 g/mol. The first-order valence-electron chi connectivity index (χ1n) is 6.61. The fraction of sp³-hybridized carbons (Fsp3) is 0.500. The molecule has 0 aromatic heterocycles. The Bertz CT molecular complexity index is 515. The zero-order valence-electron chi connectivity index (χ0n) is 13.4. The quantitative estimate of drug-likeness (QED) is 0.200. The van der Waals surface area contributed by atoms with Crippen molar-refractivity contribution in [3.8, 4) is 0 Å². The van der Waals surface area contributed by atoms with Gasteiger partial charge in [-0.1, -0.05) is 0 Å². The lowest BCUT2D eigenvalue weighted by atomic mass is 10.2. The summed E-state index contributed by atoms with van der Waals surface area (Å²) in [6, 6.07) is -3.25. The zero-order chi connectivity index (χ0) is 19.6. The van der Waals surface area contributed by atoms with E-state index in [1.807, 2.05) is 10.6 Å². The average Bonchev–Trinajstić information content (AvgIpc) is 2.52. The van der Waals surface area contributed by atoms with E-state index in [1.165, 1.54) is 0 Å². The molecule has 0 heterocycles. The third-order valence-electron chi connectivity index (χ3n) is 2.54.